The van der Waals surface area contributed by atoms with Crippen molar-refractivity contribution in [2.45, 2.75) is 17.6 Å². The number of nitrogens with one attached hydrogen (secondary N) is 1. The molecule has 2 amide bonds. The number of carbonyl (C=O) groups is 3. The van der Waals surface area contributed by atoms with Crippen LogP contribution >= 0.6 is 11.8 Å². The molecule has 0 saturated heterocycles. The third-order valence-corrected chi connectivity index (χ3v) is 4.87. The number of aryl methyl sites for hydroxylation is 1. The average molecular weight is 410 g/mol. The maximum Gasteiger partial charge on any atom is 0.339 e. The van der Waals surface area contributed by atoms with Gasteiger partial charge in [0, 0.05) is 16.5 Å². The Bertz CT molecular complexity index is 1020. The second kappa shape index (κ2) is 9.70. The zero-order valence-electron chi connectivity index (χ0n) is 15.6. The van der Waals surface area contributed by atoms with E-state index >= 15 is 0 Å². The molecule has 29 heavy (non-hydrogen) atoms. The van der Waals surface area contributed by atoms with Gasteiger partial charge in [0.2, 0.25) is 0 Å². The third kappa shape index (κ3) is 5.79. The average Bonchev–Trinajstić information content (AvgIpc) is 3.16. The number of rotatable bonds is 7. The fourth-order valence-electron chi connectivity index (χ4n) is 2.43. The van der Waals surface area contributed by atoms with Crippen molar-refractivity contribution in [2.75, 3.05) is 6.61 Å². The van der Waals surface area contributed by atoms with Gasteiger partial charge in [0.15, 0.2) is 6.61 Å². The van der Waals surface area contributed by atoms with Gasteiger partial charge in [-0.2, -0.15) is 0 Å². The summed E-state index contributed by atoms with van der Waals surface area (Å²) in [5.41, 5.74) is 1.46. The molecular formula is C21H18N2O5S. The second-order valence-corrected chi connectivity index (χ2v) is 7.06. The molecule has 7 nitrogen and oxygen atoms in total. The highest BCUT2D eigenvalue weighted by Gasteiger charge is 2.16. The van der Waals surface area contributed by atoms with E-state index in [1.807, 2.05) is 13.0 Å². The lowest BCUT2D eigenvalue weighted by atomic mass is 10.2. The molecule has 0 spiro atoms. The molecule has 0 aliphatic carbocycles. The minimum absolute atomic E-state index is 0.330. The molecule has 1 aromatic heterocycles. The summed E-state index contributed by atoms with van der Waals surface area (Å²) in [6.45, 7) is 1.27. The molecule has 3 rings (SSSR count). The monoisotopic (exact) mass is 410 g/mol. The Morgan fingerprint density at radius 2 is 1.79 bits per heavy atom. The van der Waals surface area contributed by atoms with Gasteiger partial charge in [0.25, 0.3) is 11.8 Å². The molecule has 1 heterocycles. The molecule has 0 saturated carbocycles. The van der Waals surface area contributed by atoms with Gasteiger partial charge in [-0.1, -0.05) is 35.5 Å². The number of esters is 1. The van der Waals surface area contributed by atoms with E-state index in [9.17, 15) is 14.4 Å². The van der Waals surface area contributed by atoms with E-state index in [2.05, 4.69) is 10.5 Å². The van der Waals surface area contributed by atoms with Gasteiger partial charge < -0.3 is 9.26 Å². The van der Waals surface area contributed by atoms with E-state index in [0.717, 1.165) is 5.69 Å². The van der Waals surface area contributed by atoms with Crippen molar-refractivity contribution in [1.82, 2.24) is 10.5 Å². The summed E-state index contributed by atoms with van der Waals surface area (Å²) in [5.74, 6) is -0.713. The van der Waals surface area contributed by atoms with Gasteiger partial charge in [-0.05, 0) is 31.2 Å². The molecule has 3 aromatic rings. The molecular weight excluding hydrogens is 392 g/mol. The van der Waals surface area contributed by atoms with E-state index in [1.54, 1.807) is 54.6 Å². The molecule has 0 aliphatic rings. The SMILES string of the molecule is Cc1cc(CSc2ccccc2C(=O)OCC(=O)NC(=O)c2ccccc2)on1. The maximum absolute atomic E-state index is 12.4. The van der Waals surface area contributed by atoms with Crippen LogP contribution in [0.3, 0.4) is 0 Å². The van der Waals surface area contributed by atoms with E-state index in [1.165, 1.54) is 11.8 Å². The summed E-state index contributed by atoms with van der Waals surface area (Å²) in [6.07, 6.45) is 0. The highest BCUT2D eigenvalue weighted by molar-refractivity contribution is 7.98. The van der Waals surface area contributed by atoms with Crippen molar-refractivity contribution < 1.29 is 23.6 Å². The van der Waals surface area contributed by atoms with E-state index in [0.29, 0.717) is 27.5 Å². The van der Waals surface area contributed by atoms with Crippen molar-refractivity contribution in [3.63, 3.8) is 0 Å². The number of hydrogen-bond acceptors (Lipinski definition) is 7. The van der Waals surface area contributed by atoms with Crippen molar-refractivity contribution >= 4 is 29.5 Å². The van der Waals surface area contributed by atoms with Crippen LogP contribution in [0.5, 0.6) is 0 Å². The molecule has 0 fully saturated rings. The van der Waals surface area contributed by atoms with Crippen LogP contribution in [0.2, 0.25) is 0 Å². The van der Waals surface area contributed by atoms with Crippen LogP contribution in [0.4, 0.5) is 0 Å². The van der Waals surface area contributed by atoms with Gasteiger partial charge in [0.1, 0.15) is 5.76 Å². The number of ether oxygens (including phenoxy) is 1. The fourth-order valence-corrected chi connectivity index (χ4v) is 3.34. The Kier molecular flexibility index (Phi) is 6.80. The lowest BCUT2D eigenvalue weighted by molar-refractivity contribution is -0.123. The molecule has 0 bridgehead atoms. The number of thioether (sulfide) groups is 1. The van der Waals surface area contributed by atoms with Crippen LogP contribution in [-0.4, -0.2) is 29.5 Å². The van der Waals surface area contributed by atoms with Crippen molar-refractivity contribution in [3.05, 3.63) is 83.2 Å². The molecule has 148 valence electrons. The Labute approximate surface area is 171 Å². The molecule has 0 unspecified atom stereocenters. The first kappa shape index (κ1) is 20.3. The highest BCUT2D eigenvalue weighted by Crippen LogP contribution is 2.27. The first-order valence-electron chi connectivity index (χ1n) is 8.73. The van der Waals surface area contributed by atoms with Crippen molar-refractivity contribution in [1.29, 1.82) is 0 Å². The standard InChI is InChI=1S/C21H18N2O5S/c1-14-11-16(28-23-14)13-29-18-10-6-5-9-17(18)21(26)27-12-19(24)22-20(25)15-7-3-2-4-8-15/h2-11H,12-13H2,1H3,(H,22,24,25). The Morgan fingerprint density at radius 1 is 1.07 bits per heavy atom. The lowest BCUT2D eigenvalue weighted by Gasteiger charge is -2.09. The number of nitrogens with zero attached hydrogens (tertiary/aromatic N) is 1. The number of carbonyl (C=O) groups excluding carboxylic acids is 3. The number of aromatic nitrogens is 1. The highest BCUT2D eigenvalue weighted by atomic mass is 32.2. The van der Waals surface area contributed by atoms with Gasteiger partial charge in [-0.25, -0.2) is 4.79 Å². The van der Waals surface area contributed by atoms with Crippen molar-refractivity contribution in [3.8, 4) is 0 Å². The first-order valence-corrected chi connectivity index (χ1v) is 9.72. The number of amides is 2. The van der Waals surface area contributed by atoms with E-state index in [-0.39, 0.29) is 0 Å². The van der Waals surface area contributed by atoms with Crippen LogP contribution in [0.25, 0.3) is 0 Å². The minimum atomic E-state index is -0.700. The fraction of sp³-hybridized carbons (Fsp3) is 0.143. The van der Waals surface area contributed by atoms with Crippen LogP contribution in [0.15, 0.2) is 70.1 Å². The zero-order chi connectivity index (χ0) is 20.6. The molecule has 1 N–H and O–H groups in total. The normalized spacial score (nSPS) is 10.4. The largest absolute Gasteiger partial charge is 0.452 e. The second-order valence-electron chi connectivity index (χ2n) is 6.04. The minimum Gasteiger partial charge on any atom is -0.452 e. The van der Waals surface area contributed by atoms with E-state index < -0.39 is 24.4 Å². The van der Waals surface area contributed by atoms with Crippen LogP contribution < -0.4 is 5.32 Å². The Hall–Kier alpha value is -3.39. The van der Waals surface area contributed by atoms with Gasteiger partial charge in [-0.3, -0.25) is 14.9 Å². The number of hydrogen-bond donors (Lipinski definition) is 1. The quantitative estimate of drug-likeness (QED) is 0.471. The number of benzene rings is 2. The zero-order valence-corrected chi connectivity index (χ0v) is 16.4. The molecule has 8 heteroatoms. The van der Waals surface area contributed by atoms with E-state index in [4.69, 9.17) is 9.26 Å². The summed E-state index contributed by atoms with van der Waals surface area (Å²) in [4.78, 5) is 37.0. The summed E-state index contributed by atoms with van der Waals surface area (Å²) in [7, 11) is 0. The molecule has 2 aromatic carbocycles. The molecule has 0 aliphatic heterocycles. The van der Waals surface area contributed by atoms with Gasteiger partial charge >= 0.3 is 5.97 Å². The van der Waals surface area contributed by atoms with Crippen LogP contribution in [0.1, 0.15) is 32.2 Å². The molecule has 0 atom stereocenters. The van der Waals surface area contributed by atoms with Gasteiger partial charge in [0.05, 0.1) is 17.0 Å². The molecule has 0 radical (unpaired) electrons. The third-order valence-electron chi connectivity index (χ3n) is 3.78. The summed E-state index contributed by atoms with van der Waals surface area (Å²) >= 11 is 1.39. The Balaban J connectivity index is 1.55. The topological polar surface area (TPSA) is 98.5 Å². The van der Waals surface area contributed by atoms with Crippen LogP contribution in [-0.2, 0) is 15.3 Å². The summed E-state index contributed by atoms with van der Waals surface area (Å²) in [5, 5.41) is 6.02. The lowest BCUT2D eigenvalue weighted by Crippen LogP contribution is -2.34. The van der Waals surface area contributed by atoms with Crippen molar-refractivity contribution in [2.24, 2.45) is 0 Å². The predicted octanol–water partition coefficient (Wildman–Crippen LogP) is 3.39. The summed E-state index contributed by atoms with van der Waals surface area (Å²) < 4.78 is 10.2. The Morgan fingerprint density at radius 3 is 2.52 bits per heavy atom. The predicted molar refractivity (Wildman–Crippen MR) is 106 cm³/mol. The van der Waals surface area contributed by atoms with Crippen LogP contribution in [0, 0.1) is 6.92 Å². The maximum atomic E-state index is 12.4. The number of imide groups is 1. The van der Waals surface area contributed by atoms with Gasteiger partial charge in [-0.15, -0.1) is 11.8 Å². The smallest absolute Gasteiger partial charge is 0.339 e. The first-order chi connectivity index (χ1) is 14.0. The summed E-state index contributed by atoms with van der Waals surface area (Å²) in [6, 6.07) is 17.0.